The fourth-order valence-electron chi connectivity index (χ4n) is 2.06. The van der Waals surface area contributed by atoms with Crippen molar-refractivity contribution in [1.29, 1.82) is 0 Å². The zero-order chi connectivity index (χ0) is 18.3. The Labute approximate surface area is 150 Å². The van der Waals surface area contributed by atoms with Gasteiger partial charge in [0, 0.05) is 12.6 Å². The Balaban J connectivity index is 1.91. The molecule has 6 heteroatoms. The van der Waals surface area contributed by atoms with Crippen LogP contribution in [-0.2, 0) is 16.6 Å². The van der Waals surface area contributed by atoms with Gasteiger partial charge < -0.3 is 5.32 Å². The summed E-state index contributed by atoms with van der Waals surface area (Å²) in [6, 6.07) is 16.5. The molecule has 0 bridgehead atoms. The van der Waals surface area contributed by atoms with Gasteiger partial charge in [-0.1, -0.05) is 56.3 Å². The molecule has 2 aromatic carbocycles. The maximum absolute atomic E-state index is 12.0. The van der Waals surface area contributed by atoms with Gasteiger partial charge in [-0.05, 0) is 36.1 Å². The summed E-state index contributed by atoms with van der Waals surface area (Å²) in [7, 11) is -3.62. The van der Waals surface area contributed by atoms with Crippen molar-refractivity contribution in [2.75, 3.05) is 0 Å². The minimum Gasteiger partial charge on any atom is -0.310 e. The van der Waals surface area contributed by atoms with Gasteiger partial charge in [0.2, 0.25) is 0 Å². The van der Waals surface area contributed by atoms with Crippen LogP contribution in [0.5, 0.6) is 0 Å². The van der Waals surface area contributed by atoms with Crippen molar-refractivity contribution >= 4 is 16.2 Å². The largest absolute Gasteiger partial charge is 0.310 e. The molecule has 0 saturated heterocycles. The van der Waals surface area contributed by atoms with E-state index < -0.39 is 10.0 Å². The number of nitrogens with zero attached hydrogens (tertiary/aromatic N) is 1. The lowest BCUT2D eigenvalue weighted by molar-refractivity contribution is 0.426. The van der Waals surface area contributed by atoms with Crippen molar-refractivity contribution < 1.29 is 8.42 Å². The van der Waals surface area contributed by atoms with Gasteiger partial charge in [0.25, 0.3) is 10.0 Å². The van der Waals surface area contributed by atoms with Crippen LogP contribution >= 0.6 is 0 Å². The lowest BCUT2D eigenvalue weighted by Gasteiger charge is -2.17. The van der Waals surface area contributed by atoms with E-state index in [1.165, 1.54) is 23.9 Å². The molecular formula is C19H25N3O2S. The average molecular weight is 359 g/mol. The van der Waals surface area contributed by atoms with Gasteiger partial charge in [-0.2, -0.15) is 13.5 Å². The highest BCUT2D eigenvalue weighted by Gasteiger charge is 2.11. The van der Waals surface area contributed by atoms with Crippen molar-refractivity contribution in [1.82, 2.24) is 10.1 Å². The van der Waals surface area contributed by atoms with Crippen molar-refractivity contribution in [2.24, 2.45) is 11.0 Å². The van der Waals surface area contributed by atoms with Crippen LogP contribution in [0.2, 0.25) is 0 Å². The smallest absolute Gasteiger partial charge is 0.276 e. The molecule has 134 valence electrons. The molecule has 0 saturated carbocycles. The van der Waals surface area contributed by atoms with E-state index in [1.54, 1.807) is 18.2 Å². The van der Waals surface area contributed by atoms with E-state index in [1.807, 2.05) is 24.3 Å². The molecule has 0 aliphatic heterocycles. The molecule has 2 rings (SSSR count). The van der Waals surface area contributed by atoms with E-state index in [2.05, 4.69) is 36.0 Å². The lowest BCUT2D eigenvalue weighted by atomic mass is 10.1. The van der Waals surface area contributed by atoms with Crippen molar-refractivity contribution in [3.8, 4) is 0 Å². The predicted octanol–water partition coefficient (Wildman–Crippen LogP) is 3.13. The minimum absolute atomic E-state index is 0.188. The molecule has 0 amide bonds. The van der Waals surface area contributed by atoms with Gasteiger partial charge in [0.15, 0.2) is 0 Å². The number of hydrogen-bond donors (Lipinski definition) is 2. The summed E-state index contributed by atoms with van der Waals surface area (Å²) in [4.78, 5) is 2.41. The van der Waals surface area contributed by atoms with E-state index in [-0.39, 0.29) is 4.90 Å². The standard InChI is InChI=1S/C19H25N3O2S/c1-15(2)16(3)20-13-17-9-11-18(12-10-17)14-21-22-25(23,24)19-7-5-4-6-8-19/h4-12,14-16,20,22H,13H2,1-3H3/b21-14+. The quantitative estimate of drug-likeness (QED) is 0.562. The topological polar surface area (TPSA) is 70.6 Å². The number of sulfonamides is 1. The minimum atomic E-state index is -3.62. The fourth-order valence-corrected chi connectivity index (χ4v) is 2.87. The first kappa shape index (κ1) is 19.1. The highest BCUT2D eigenvalue weighted by atomic mass is 32.2. The average Bonchev–Trinajstić information content (AvgIpc) is 2.61. The number of rotatable bonds is 8. The second kappa shape index (κ2) is 8.78. The summed E-state index contributed by atoms with van der Waals surface area (Å²) in [6.07, 6.45) is 1.49. The normalized spacial score (nSPS) is 13.3. The molecule has 2 N–H and O–H groups in total. The van der Waals surface area contributed by atoms with Crippen LogP contribution in [0.3, 0.4) is 0 Å². The number of hydrogen-bond acceptors (Lipinski definition) is 4. The zero-order valence-electron chi connectivity index (χ0n) is 14.8. The Morgan fingerprint density at radius 2 is 1.64 bits per heavy atom. The maximum atomic E-state index is 12.0. The summed E-state index contributed by atoms with van der Waals surface area (Å²) in [5, 5.41) is 7.31. The summed E-state index contributed by atoms with van der Waals surface area (Å²) >= 11 is 0. The molecule has 0 spiro atoms. The van der Waals surface area contributed by atoms with E-state index in [9.17, 15) is 8.42 Å². The second-order valence-electron chi connectivity index (χ2n) is 6.32. The molecule has 0 heterocycles. The van der Waals surface area contributed by atoms with Crippen LogP contribution in [-0.4, -0.2) is 20.7 Å². The van der Waals surface area contributed by atoms with Gasteiger partial charge in [-0.3, -0.25) is 0 Å². The van der Waals surface area contributed by atoms with Crippen LogP contribution in [0.1, 0.15) is 31.9 Å². The Hall–Kier alpha value is -2.18. The number of nitrogens with one attached hydrogen (secondary N) is 2. The SMILES string of the molecule is CC(C)C(C)NCc1ccc(/C=N/NS(=O)(=O)c2ccccc2)cc1. The maximum Gasteiger partial charge on any atom is 0.276 e. The summed E-state index contributed by atoms with van der Waals surface area (Å²) in [5.41, 5.74) is 2.01. The van der Waals surface area contributed by atoms with E-state index >= 15 is 0 Å². The molecule has 5 nitrogen and oxygen atoms in total. The van der Waals surface area contributed by atoms with Crippen LogP contribution in [0, 0.1) is 5.92 Å². The van der Waals surface area contributed by atoms with Gasteiger partial charge >= 0.3 is 0 Å². The van der Waals surface area contributed by atoms with Crippen LogP contribution in [0.15, 0.2) is 64.6 Å². The van der Waals surface area contributed by atoms with E-state index in [0.29, 0.717) is 12.0 Å². The van der Waals surface area contributed by atoms with Crippen LogP contribution < -0.4 is 10.1 Å². The molecule has 0 fully saturated rings. The first-order valence-corrected chi connectivity index (χ1v) is 9.79. The van der Waals surface area contributed by atoms with E-state index in [4.69, 9.17) is 0 Å². The highest BCUT2D eigenvalue weighted by Crippen LogP contribution is 2.08. The molecule has 2 aromatic rings. The lowest BCUT2D eigenvalue weighted by Crippen LogP contribution is -2.30. The van der Waals surface area contributed by atoms with Gasteiger partial charge in [0.1, 0.15) is 0 Å². The third kappa shape index (κ3) is 5.99. The van der Waals surface area contributed by atoms with Crippen molar-refractivity contribution in [3.05, 3.63) is 65.7 Å². The molecule has 25 heavy (non-hydrogen) atoms. The monoisotopic (exact) mass is 359 g/mol. The third-order valence-electron chi connectivity index (χ3n) is 4.05. The van der Waals surface area contributed by atoms with E-state index in [0.717, 1.165) is 12.1 Å². The fraction of sp³-hybridized carbons (Fsp3) is 0.316. The molecule has 0 aromatic heterocycles. The van der Waals surface area contributed by atoms with Crippen molar-refractivity contribution in [2.45, 2.75) is 38.3 Å². The third-order valence-corrected chi connectivity index (χ3v) is 5.29. The Morgan fingerprint density at radius 3 is 2.24 bits per heavy atom. The Kier molecular flexibility index (Phi) is 6.73. The summed E-state index contributed by atoms with van der Waals surface area (Å²) < 4.78 is 24.1. The predicted molar refractivity (Wildman–Crippen MR) is 102 cm³/mol. The highest BCUT2D eigenvalue weighted by molar-refractivity contribution is 7.89. The van der Waals surface area contributed by atoms with Crippen LogP contribution in [0.4, 0.5) is 0 Å². The molecule has 0 aliphatic carbocycles. The molecule has 1 atom stereocenters. The Bertz CT molecular complexity index is 785. The van der Waals surface area contributed by atoms with Crippen molar-refractivity contribution in [3.63, 3.8) is 0 Å². The number of benzene rings is 2. The first-order chi connectivity index (χ1) is 11.9. The second-order valence-corrected chi connectivity index (χ2v) is 7.98. The summed E-state index contributed by atoms with van der Waals surface area (Å²) in [6.45, 7) is 7.35. The molecular weight excluding hydrogens is 334 g/mol. The molecule has 0 aliphatic rings. The number of hydrazone groups is 1. The first-order valence-electron chi connectivity index (χ1n) is 8.31. The zero-order valence-corrected chi connectivity index (χ0v) is 15.6. The molecule has 0 radical (unpaired) electrons. The Morgan fingerprint density at radius 1 is 1.00 bits per heavy atom. The van der Waals surface area contributed by atoms with Gasteiger partial charge in [-0.25, -0.2) is 4.83 Å². The van der Waals surface area contributed by atoms with Gasteiger partial charge in [0.05, 0.1) is 11.1 Å². The molecule has 1 unspecified atom stereocenters. The summed E-state index contributed by atoms with van der Waals surface area (Å²) in [5.74, 6) is 0.587. The van der Waals surface area contributed by atoms with Gasteiger partial charge in [-0.15, -0.1) is 0 Å². The van der Waals surface area contributed by atoms with Crippen LogP contribution in [0.25, 0.3) is 0 Å².